The van der Waals surface area contributed by atoms with Crippen molar-refractivity contribution in [2.75, 3.05) is 4.90 Å². The molecule has 0 spiro atoms. The van der Waals surface area contributed by atoms with E-state index >= 15 is 0 Å². The monoisotopic (exact) mass is 767 g/mol. The van der Waals surface area contributed by atoms with Crippen LogP contribution in [0.2, 0.25) is 0 Å². The average molecular weight is 768 g/mol. The Hall–Kier alpha value is -7.68. The summed E-state index contributed by atoms with van der Waals surface area (Å²) in [5, 5.41) is 4.46. The molecular formula is C58H41NO. The normalized spacial score (nSPS) is 13.6. The maximum Gasteiger partial charge on any atom is 0.143 e. The molecule has 0 saturated carbocycles. The fourth-order valence-corrected chi connectivity index (χ4v) is 8.94. The van der Waals surface area contributed by atoms with Gasteiger partial charge in [-0.15, -0.1) is 0 Å². The minimum Gasteiger partial charge on any atom is -0.455 e. The maximum atomic E-state index is 6.87. The fourth-order valence-electron chi connectivity index (χ4n) is 8.94. The molecule has 284 valence electrons. The van der Waals surface area contributed by atoms with Gasteiger partial charge in [-0.1, -0.05) is 188 Å². The summed E-state index contributed by atoms with van der Waals surface area (Å²) in [6, 6.07) is 74.5. The van der Waals surface area contributed by atoms with Crippen molar-refractivity contribution in [2.24, 2.45) is 0 Å². The van der Waals surface area contributed by atoms with E-state index in [2.05, 4.69) is 235 Å². The van der Waals surface area contributed by atoms with Crippen LogP contribution in [-0.2, 0) is 0 Å². The Morgan fingerprint density at radius 2 is 0.933 bits per heavy atom. The largest absolute Gasteiger partial charge is 0.455 e. The Balaban J connectivity index is 1.05. The van der Waals surface area contributed by atoms with E-state index in [9.17, 15) is 0 Å². The Morgan fingerprint density at radius 3 is 1.52 bits per heavy atom. The van der Waals surface area contributed by atoms with E-state index in [1.807, 2.05) is 0 Å². The molecule has 1 aliphatic carbocycles. The third-order valence-corrected chi connectivity index (χ3v) is 12.0. The van der Waals surface area contributed by atoms with Crippen molar-refractivity contribution < 1.29 is 4.42 Å². The summed E-state index contributed by atoms with van der Waals surface area (Å²) in [5.41, 5.74) is 15.9. The molecule has 0 N–H and O–H groups in total. The quantitative estimate of drug-likeness (QED) is 0.153. The second-order valence-corrected chi connectivity index (χ2v) is 15.6. The number of furan rings is 1. The van der Waals surface area contributed by atoms with E-state index in [0.29, 0.717) is 5.92 Å². The van der Waals surface area contributed by atoms with Gasteiger partial charge in [-0.05, 0) is 104 Å². The summed E-state index contributed by atoms with van der Waals surface area (Å²) in [4.78, 5) is 2.39. The maximum absolute atomic E-state index is 6.87. The summed E-state index contributed by atoms with van der Waals surface area (Å²) in [6.07, 6.45) is 9.86. The van der Waals surface area contributed by atoms with Crippen LogP contribution in [0.3, 0.4) is 0 Å². The van der Waals surface area contributed by atoms with Gasteiger partial charge in [0.25, 0.3) is 0 Å². The first-order valence-electron chi connectivity index (χ1n) is 20.8. The Bertz CT molecular complexity index is 3180. The zero-order valence-corrected chi connectivity index (χ0v) is 33.1. The van der Waals surface area contributed by atoms with Gasteiger partial charge in [0.15, 0.2) is 0 Å². The van der Waals surface area contributed by atoms with E-state index in [-0.39, 0.29) is 0 Å². The molecule has 1 heterocycles. The standard InChI is InChI=1S/C58H41NO/c1-4-13-40(14-5-1)43-23-25-45(26-24-43)47-33-37-50(38-34-47)59(49-35-31-46(32-36-49)42-17-8-3-9-18-42)55-21-12-22-56-57(55)54-39-53(51-19-10-11-20-52(51)58(54)60-56)48-29-27-44(28-30-48)41-15-6-2-7-16-41/h1-17,19-39,42H,18H2. The van der Waals surface area contributed by atoms with Gasteiger partial charge in [0.2, 0.25) is 0 Å². The van der Waals surface area contributed by atoms with E-state index in [4.69, 9.17) is 4.42 Å². The zero-order chi connectivity index (χ0) is 39.8. The topological polar surface area (TPSA) is 16.4 Å². The van der Waals surface area contributed by atoms with E-state index < -0.39 is 0 Å². The van der Waals surface area contributed by atoms with Crippen molar-refractivity contribution in [2.45, 2.75) is 12.3 Å². The fraction of sp³-hybridized carbons (Fsp3) is 0.0345. The van der Waals surface area contributed by atoms with Gasteiger partial charge in [0.1, 0.15) is 11.2 Å². The molecule has 1 aromatic heterocycles. The van der Waals surface area contributed by atoms with E-state index in [1.165, 1.54) is 55.5 Å². The van der Waals surface area contributed by atoms with Gasteiger partial charge in [0, 0.05) is 28.1 Å². The number of nitrogens with zero attached hydrogens (tertiary/aromatic N) is 1. The highest BCUT2D eigenvalue weighted by Gasteiger charge is 2.22. The summed E-state index contributed by atoms with van der Waals surface area (Å²) in [6.45, 7) is 0. The molecule has 0 bridgehead atoms. The van der Waals surface area contributed by atoms with Crippen LogP contribution in [0.25, 0.3) is 77.2 Å². The summed E-state index contributed by atoms with van der Waals surface area (Å²) in [7, 11) is 0. The highest BCUT2D eigenvalue weighted by atomic mass is 16.3. The van der Waals surface area contributed by atoms with Gasteiger partial charge in [-0.25, -0.2) is 0 Å². The number of benzene rings is 9. The van der Waals surface area contributed by atoms with Gasteiger partial charge in [0.05, 0.1) is 11.1 Å². The second kappa shape index (κ2) is 15.2. The van der Waals surface area contributed by atoms with Crippen LogP contribution in [0.15, 0.2) is 235 Å². The van der Waals surface area contributed by atoms with Crippen molar-refractivity contribution in [3.8, 4) is 44.5 Å². The number of hydrogen-bond acceptors (Lipinski definition) is 2. The minimum absolute atomic E-state index is 0.375. The van der Waals surface area contributed by atoms with Crippen LogP contribution in [0.4, 0.5) is 17.1 Å². The summed E-state index contributed by atoms with van der Waals surface area (Å²) in [5.74, 6) is 0.375. The smallest absolute Gasteiger partial charge is 0.143 e. The molecule has 0 saturated heterocycles. The number of allylic oxidation sites excluding steroid dienone is 4. The predicted molar refractivity (Wildman–Crippen MR) is 253 cm³/mol. The average Bonchev–Trinajstić information content (AvgIpc) is 3.72. The third-order valence-electron chi connectivity index (χ3n) is 12.0. The lowest BCUT2D eigenvalue weighted by atomic mass is 9.92. The van der Waals surface area contributed by atoms with Crippen molar-refractivity contribution >= 4 is 49.8 Å². The number of anilines is 3. The van der Waals surface area contributed by atoms with E-state index in [1.54, 1.807) is 0 Å². The third kappa shape index (κ3) is 6.49. The van der Waals surface area contributed by atoms with Crippen molar-refractivity contribution in [1.29, 1.82) is 0 Å². The van der Waals surface area contributed by atoms with Gasteiger partial charge < -0.3 is 9.32 Å². The molecule has 10 aromatic rings. The lowest BCUT2D eigenvalue weighted by Crippen LogP contribution is -2.10. The van der Waals surface area contributed by atoms with Crippen molar-refractivity contribution in [3.63, 3.8) is 0 Å². The molecule has 11 rings (SSSR count). The molecule has 1 unspecified atom stereocenters. The van der Waals surface area contributed by atoms with Crippen LogP contribution in [0.1, 0.15) is 17.9 Å². The first-order valence-corrected chi connectivity index (χ1v) is 20.8. The number of rotatable bonds is 8. The zero-order valence-electron chi connectivity index (χ0n) is 33.1. The SMILES string of the molecule is C1=CCC(c2ccc(N(c3ccc(-c4ccc(-c5ccccc5)cc4)cc3)c3cccc4oc5c6ccccc6c(-c6ccc(-c7ccccc7)cc6)cc5c34)cc2)C=C1. The highest BCUT2D eigenvalue weighted by Crippen LogP contribution is 2.47. The molecule has 2 heteroatoms. The molecule has 0 amide bonds. The molecule has 1 aliphatic rings. The van der Waals surface area contributed by atoms with Crippen molar-refractivity contribution in [1.82, 2.24) is 0 Å². The minimum atomic E-state index is 0.375. The highest BCUT2D eigenvalue weighted by molar-refractivity contribution is 6.22. The van der Waals surface area contributed by atoms with Crippen LogP contribution in [-0.4, -0.2) is 0 Å². The summed E-state index contributed by atoms with van der Waals surface area (Å²) < 4.78 is 6.87. The molecule has 60 heavy (non-hydrogen) atoms. The van der Waals surface area contributed by atoms with Crippen molar-refractivity contribution in [3.05, 3.63) is 236 Å². The molecule has 0 fully saturated rings. The predicted octanol–water partition coefficient (Wildman–Crippen LogP) is 16.5. The Morgan fingerprint density at radius 1 is 0.417 bits per heavy atom. The van der Waals surface area contributed by atoms with Crippen LogP contribution in [0, 0.1) is 0 Å². The van der Waals surface area contributed by atoms with Gasteiger partial charge >= 0.3 is 0 Å². The summed E-state index contributed by atoms with van der Waals surface area (Å²) >= 11 is 0. The number of fused-ring (bicyclic) bond motifs is 5. The molecule has 1 atom stereocenters. The lowest BCUT2D eigenvalue weighted by Gasteiger charge is -2.27. The molecule has 0 radical (unpaired) electrons. The lowest BCUT2D eigenvalue weighted by molar-refractivity contribution is 0.672. The van der Waals surface area contributed by atoms with Crippen LogP contribution >= 0.6 is 0 Å². The first-order chi connectivity index (χ1) is 29.7. The first kappa shape index (κ1) is 35.5. The van der Waals surface area contributed by atoms with Crippen LogP contribution < -0.4 is 4.90 Å². The molecule has 2 nitrogen and oxygen atoms in total. The van der Waals surface area contributed by atoms with Gasteiger partial charge in [-0.3, -0.25) is 0 Å². The molecule has 0 aliphatic heterocycles. The Kier molecular flexibility index (Phi) is 9.02. The molecule has 9 aromatic carbocycles. The van der Waals surface area contributed by atoms with Gasteiger partial charge in [-0.2, -0.15) is 0 Å². The Labute approximate surface area is 350 Å². The number of hydrogen-bond donors (Lipinski definition) is 0. The van der Waals surface area contributed by atoms with Crippen LogP contribution in [0.5, 0.6) is 0 Å². The van der Waals surface area contributed by atoms with E-state index in [0.717, 1.165) is 50.8 Å². The second-order valence-electron chi connectivity index (χ2n) is 15.6. The molecular weight excluding hydrogens is 727 g/mol.